The molecular formula is C23H31NO3. The lowest BCUT2D eigenvalue weighted by Crippen LogP contribution is -2.39. The van der Waals surface area contributed by atoms with E-state index in [1.54, 1.807) is 0 Å². The fourth-order valence-electron chi connectivity index (χ4n) is 3.49. The molecule has 146 valence electrons. The van der Waals surface area contributed by atoms with E-state index in [0.29, 0.717) is 13.2 Å². The number of para-hydroxylation sites is 1. The molecule has 27 heavy (non-hydrogen) atoms. The molecule has 1 aliphatic rings. The van der Waals surface area contributed by atoms with Crippen LogP contribution in [0.15, 0.2) is 48.5 Å². The Bertz CT molecular complexity index is 695. The number of aliphatic hydroxyl groups excluding tert-OH is 1. The van der Waals surface area contributed by atoms with Crippen molar-refractivity contribution in [3.63, 3.8) is 0 Å². The highest BCUT2D eigenvalue weighted by Gasteiger charge is 2.21. The predicted octanol–water partition coefficient (Wildman–Crippen LogP) is 3.72. The lowest BCUT2D eigenvalue weighted by Gasteiger charge is -2.27. The summed E-state index contributed by atoms with van der Waals surface area (Å²) in [7, 11) is 0. The Morgan fingerprint density at radius 3 is 2.63 bits per heavy atom. The number of aliphatic hydroxyl groups is 1. The van der Waals surface area contributed by atoms with Crippen LogP contribution in [0.1, 0.15) is 29.5 Å². The van der Waals surface area contributed by atoms with E-state index in [0.717, 1.165) is 43.9 Å². The Morgan fingerprint density at radius 2 is 1.93 bits per heavy atom. The maximum Gasteiger partial charge on any atom is 0.122 e. The molecular weight excluding hydrogens is 338 g/mol. The average molecular weight is 370 g/mol. The molecule has 2 unspecified atom stereocenters. The van der Waals surface area contributed by atoms with Crippen molar-refractivity contribution in [1.29, 1.82) is 0 Å². The van der Waals surface area contributed by atoms with Gasteiger partial charge in [0.15, 0.2) is 0 Å². The van der Waals surface area contributed by atoms with Gasteiger partial charge in [0.05, 0.1) is 6.10 Å². The van der Waals surface area contributed by atoms with Crippen molar-refractivity contribution < 1.29 is 14.6 Å². The maximum absolute atomic E-state index is 10.6. The van der Waals surface area contributed by atoms with E-state index in [1.165, 1.54) is 11.1 Å². The SMILES string of the molecule is Cc1ccc(CN(CC(O)COc2ccccc2C)CC2CCCO2)cc1. The van der Waals surface area contributed by atoms with Crippen LogP contribution < -0.4 is 4.74 Å². The van der Waals surface area contributed by atoms with E-state index in [2.05, 4.69) is 36.1 Å². The molecule has 0 radical (unpaired) electrons. The Hall–Kier alpha value is -1.88. The van der Waals surface area contributed by atoms with Gasteiger partial charge in [0.25, 0.3) is 0 Å². The molecule has 2 aromatic carbocycles. The molecule has 4 nitrogen and oxygen atoms in total. The molecule has 1 aliphatic heterocycles. The molecule has 0 amide bonds. The smallest absolute Gasteiger partial charge is 0.122 e. The summed E-state index contributed by atoms with van der Waals surface area (Å²) >= 11 is 0. The Balaban J connectivity index is 1.57. The predicted molar refractivity (Wildman–Crippen MR) is 108 cm³/mol. The zero-order valence-electron chi connectivity index (χ0n) is 16.4. The Kier molecular flexibility index (Phi) is 7.27. The Labute approximate surface area is 162 Å². The molecule has 1 N–H and O–H groups in total. The van der Waals surface area contributed by atoms with Crippen LogP contribution in [0.5, 0.6) is 5.75 Å². The van der Waals surface area contributed by atoms with Gasteiger partial charge < -0.3 is 14.6 Å². The van der Waals surface area contributed by atoms with E-state index >= 15 is 0 Å². The van der Waals surface area contributed by atoms with Crippen molar-refractivity contribution in [2.45, 2.75) is 45.4 Å². The minimum atomic E-state index is -0.545. The first-order valence-electron chi connectivity index (χ1n) is 9.86. The molecule has 1 fully saturated rings. The van der Waals surface area contributed by atoms with E-state index in [-0.39, 0.29) is 6.10 Å². The topological polar surface area (TPSA) is 41.9 Å². The number of rotatable bonds is 9. The van der Waals surface area contributed by atoms with Gasteiger partial charge in [-0.25, -0.2) is 0 Å². The highest BCUT2D eigenvalue weighted by atomic mass is 16.5. The molecule has 0 spiro atoms. The number of aryl methyl sites for hydroxylation is 2. The van der Waals surface area contributed by atoms with E-state index in [1.807, 2.05) is 31.2 Å². The zero-order chi connectivity index (χ0) is 19.1. The summed E-state index contributed by atoms with van der Waals surface area (Å²) in [4.78, 5) is 2.28. The number of hydrogen-bond acceptors (Lipinski definition) is 4. The molecule has 0 aliphatic carbocycles. The monoisotopic (exact) mass is 369 g/mol. The number of nitrogens with zero attached hydrogens (tertiary/aromatic N) is 1. The summed E-state index contributed by atoms with van der Waals surface area (Å²) in [6, 6.07) is 16.5. The van der Waals surface area contributed by atoms with Gasteiger partial charge in [0.1, 0.15) is 18.5 Å². The van der Waals surface area contributed by atoms with Gasteiger partial charge in [0.2, 0.25) is 0 Å². The molecule has 2 atom stereocenters. The highest BCUT2D eigenvalue weighted by molar-refractivity contribution is 5.31. The van der Waals surface area contributed by atoms with Gasteiger partial charge in [0, 0.05) is 26.2 Å². The lowest BCUT2D eigenvalue weighted by atomic mass is 10.1. The number of benzene rings is 2. The molecule has 1 heterocycles. The number of ether oxygens (including phenoxy) is 2. The third-order valence-corrected chi connectivity index (χ3v) is 5.01. The lowest BCUT2D eigenvalue weighted by molar-refractivity contribution is 0.0313. The van der Waals surface area contributed by atoms with E-state index in [4.69, 9.17) is 9.47 Å². The average Bonchev–Trinajstić information content (AvgIpc) is 3.16. The normalized spacial score (nSPS) is 18.0. The molecule has 0 bridgehead atoms. The molecule has 0 aromatic heterocycles. The second-order valence-electron chi connectivity index (χ2n) is 7.55. The first-order valence-corrected chi connectivity index (χ1v) is 9.86. The van der Waals surface area contributed by atoms with Crippen molar-refractivity contribution in [2.75, 3.05) is 26.3 Å². The van der Waals surface area contributed by atoms with Gasteiger partial charge in [-0.1, -0.05) is 48.0 Å². The van der Waals surface area contributed by atoms with Crippen LogP contribution in [-0.2, 0) is 11.3 Å². The van der Waals surface area contributed by atoms with E-state index in [9.17, 15) is 5.11 Å². The van der Waals surface area contributed by atoms with Crippen LogP contribution in [-0.4, -0.2) is 48.5 Å². The number of hydrogen-bond donors (Lipinski definition) is 1. The van der Waals surface area contributed by atoms with Crippen LogP contribution in [0.2, 0.25) is 0 Å². The zero-order valence-corrected chi connectivity index (χ0v) is 16.4. The first-order chi connectivity index (χ1) is 13.1. The summed E-state index contributed by atoms with van der Waals surface area (Å²) in [6.07, 6.45) is 1.94. The van der Waals surface area contributed by atoms with Crippen LogP contribution in [0, 0.1) is 13.8 Å². The summed E-state index contributed by atoms with van der Waals surface area (Å²) in [6.45, 7) is 7.47. The minimum Gasteiger partial charge on any atom is -0.491 e. The van der Waals surface area contributed by atoms with Crippen molar-refractivity contribution in [3.05, 3.63) is 65.2 Å². The van der Waals surface area contributed by atoms with Crippen molar-refractivity contribution in [1.82, 2.24) is 4.90 Å². The minimum absolute atomic E-state index is 0.264. The summed E-state index contributed by atoms with van der Waals surface area (Å²) < 4.78 is 11.6. The second kappa shape index (κ2) is 9.88. The van der Waals surface area contributed by atoms with Crippen molar-refractivity contribution in [2.24, 2.45) is 0 Å². The van der Waals surface area contributed by atoms with Gasteiger partial charge in [-0.2, -0.15) is 0 Å². The second-order valence-corrected chi connectivity index (χ2v) is 7.55. The molecule has 1 saturated heterocycles. The maximum atomic E-state index is 10.6. The molecule has 3 rings (SSSR count). The van der Waals surface area contributed by atoms with Crippen LogP contribution in [0.4, 0.5) is 0 Å². The van der Waals surface area contributed by atoms with Crippen molar-refractivity contribution in [3.8, 4) is 5.75 Å². The van der Waals surface area contributed by atoms with Gasteiger partial charge in [-0.05, 0) is 43.9 Å². The molecule has 0 saturated carbocycles. The van der Waals surface area contributed by atoms with Gasteiger partial charge >= 0.3 is 0 Å². The van der Waals surface area contributed by atoms with Crippen LogP contribution in [0.3, 0.4) is 0 Å². The summed E-state index contributed by atoms with van der Waals surface area (Å²) in [5.41, 5.74) is 3.60. The molecule has 4 heteroatoms. The third kappa shape index (κ3) is 6.35. The first kappa shape index (κ1) is 19.9. The van der Waals surface area contributed by atoms with Gasteiger partial charge in [-0.3, -0.25) is 4.90 Å². The summed E-state index contributed by atoms with van der Waals surface area (Å²) in [5.74, 6) is 0.834. The largest absolute Gasteiger partial charge is 0.491 e. The van der Waals surface area contributed by atoms with E-state index < -0.39 is 6.10 Å². The fourth-order valence-corrected chi connectivity index (χ4v) is 3.49. The van der Waals surface area contributed by atoms with Gasteiger partial charge in [-0.15, -0.1) is 0 Å². The summed E-state index contributed by atoms with van der Waals surface area (Å²) in [5, 5.41) is 10.6. The Morgan fingerprint density at radius 1 is 1.15 bits per heavy atom. The van der Waals surface area contributed by atoms with Crippen molar-refractivity contribution >= 4 is 0 Å². The third-order valence-electron chi connectivity index (χ3n) is 5.01. The standard InChI is InChI=1S/C23H31NO3/c1-18-9-11-20(12-10-18)14-24(16-22-7-5-13-26-22)15-21(25)17-27-23-8-4-3-6-19(23)2/h3-4,6,8-12,21-22,25H,5,7,13-17H2,1-2H3. The van der Waals surface area contributed by atoms with Crippen LogP contribution >= 0.6 is 0 Å². The quantitative estimate of drug-likeness (QED) is 0.731. The molecule has 2 aromatic rings. The van der Waals surface area contributed by atoms with Crippen LogP contribution in [0.25, 0.3) is 0 Å². The highest BCUT2D eigenvalue weighted by Crippen LogP contribution is 2.18. The fraction of sp³-hybridized carbons (Fsp3) is 0.478.